The van der Waals surface area contributed by atoms with Crippen molar-refractivity contribution in [1.82, 2.24) is 10.3 Å². The zero-order chi connectivity index (χ0) is 15.1. The molecule has 1 saturated heterocycles. The van der Waals surface area contributed by atoms with Gasteiger partial charge in [0.15, 0.2) is 5.78 Å². The first-order valence-corrected chi connectivity index (χ1v) is 8.15. The zero-order valence-corrected chi connectivity index (χ0v) is 13.0. The molecule has 0 amide bonds. The third kappa shape index (κ3) is 4.01. The van der Waals surface area contributed by atoms with Crippen molar-refractivity contribution in [3.8, 4) is 0 Å². The van der Waals surface area contributed by atoms with Crippen LogP contribution >= 0.6 is 0 Å². The van der Waals surface area contributed by atoms with Gasteiger partial charge < -0.3 is 5.32 Å². The molecule has 1 fully saturated rings. The third-order valence-electron chi connectivity index (χ3n) is 4.20. The topological polar surface area (TPSA) is 42.0 Å². The second-order valence-electron chi connectivity index (χ2n) is 5.76. The fraction of sp³-hybridized carbons (Fsp3) is 0.556. The number of ketones is 1. The van der Waals surface area contributed by atoms with E-state index in [1.54, 1.807) is 6.20 Å². The standard InChI is InChI=1S/C18H26N2O/c1-3-5-6-7-9-15-14(4-2)11-13-20-17(15)18(21)16-10-8-12-19-16/h4,11,13,16,19H,2-3,5-10,12H2,1H3/t16-/m0/s1. The second-order valence-corrected chi connectivity index (χ2v) is 5.76. The van der Waals surface area contributed by atoms with Gasteiger partial charge in [0.05, 0.1) is 6.04 Å². The molecule has 2 heterocycles. The van der Waals surface area contributed by atoms with Crippen molar-refractivity contribution in [2.75, 3.05) is 6.54 Å². The summed E-state index contributed by atoms with van der Waals surface area (Å²) in [7, 11) is 0. The van der Waals surface area contributed by atoms with Crippen LogP contribution in [0.15, 0.2) is 18.8 Å². The summed E-state index contributed by atoms with van der Waals surface area (Å²) in [4.78, 5) is 17.1. The van der Waals surface area contributed by atoms with E-state index in [0.717, 1.165) is 43.4 Å². The van der Waals surface area contributed by atoms with Gasteiger partial charge >= 0.3 is 0 Å². The predicted molar refractivity (Wildman–Crippen MR) is 87.5 cm³/mol. The van der Waals surface area contributed by atoms with Crippen LogP contribution in [0.25, 0.3) is 6.08 Å². The lowest BCUT2D eigenvalue weighted by atomic mass is 9.95. The van der Waals surface area contributed by atoms with Gasteiger partial charge in [-0.05, 0) is 49.4 Å². The highest BCUT2D eigenvalue weighted by Gasteiger charge is 2.26. The van der Waals surface area contributed by atoms with Crippen molar-refractivity contribution in [2.24, 2.45) is 0 Å². The van der Waals surface area contributed by atoms with E-state index >= 15 is 0 Å². The summed E-state index contributed by atoms with van der Waals surface area (Å²) in [6.45, 7) is 7.02. The maximum Gasteiger partial charge on any atom is 0.198 e. The van der Waals surface area contributed by atoms with Gasteiger partial charge in [-0.15, -0.1) is 0 Å². The highest BCUT2D eigenvalue weighted by atomic mass is 16.1. The van der Waals surface area contributed by atoms with Crippen molar-refractivity contribution in [2.45, 2.75) is 57.9 Å². The molecule has 3 heteroatoms. The molecule has 2 rings (SSSR count). The van der Waals surface area contributed by atoms with E-state index in [4.69, 9.17) is 0 Å². The normalized spacial score (nSPS) is 17.9. The maximum atomic E-state index is 12.7. The van der Waals surface area contributed by atoms with Gasteiger partial charge in [0.25, 0.3) is 0 Å². The second kappa shape index (κ2) is 8.08. The van der Waals surface area contributed by atoms with Crippen molar-refractivity contribution in [3.05, 3.63) is 35.7 Å². The van der Waals surface area contributed by atoms with Crippen LogP contribution in [0.2, 0.25) is 0 Å². The molecular weight excluding hydrogens is 260 g/mol. The molecule has 1 aliphatic rings. The Balaban J connectivity index is 2.18. The quantitative estimate of drug-likeness (QED) is 0.584. The Morgan fingerprint density at radius 2 is 2.33 bits per heavy atom. The summed E-state index contributed by atoms with van der Waals surface area (Å²) in [5, 5.41) is 3.28. The molecule has 0 bridgehead atoms. The summed E-state index contributed by atoms with van der Waals surface area (Å²) in [6, 6.07) is 1.91. The molecule has 0 unspecified atom stereocenters. The molecule has 0 saturated carbocycles. The number of hydrogen-bond acceptors (Lipinski definition) is 3. The largest absolute Gasteiger partial charge is 0.307 e. The molecule has 1 N–H and O–H groups in total. The predicted octanol–water partition coefficient (Wildman–Crippen LogP) is 3.78. The summed E-state index contributed by atoms with van der Waals surface area (Å²) < 4.78 is 0. The minimum absolute atomic E-state index is 0.0491. The van der Waals surface area contributed by atoms with Crippen LogP contribution < -0.4 is 5.32 Å². The summed E-state index contributed by atoms with van der Waals surface area (Å²) in [5.74, 6) is 0.154. The average molecular weight is 286 g/mol. The average Bonchev–Trinajstić information content (AvgIpc) is 3.05. The van der Waals surface area contributed by atoms with E-state index in [1.165, 1.54) is 19.3 Å². The number of carbonyl (C=O) groups excluding carboxylic acids is 1. The van der Waals surface area contributed by atoms with Gasteiger partial charge in [-0.2, -0.15) is 0 Å². The lowest BCUT2D eigenvalue weighted by Crippen LogP contribution is -2.32. The van der Waals surface area contributed by atoms with E-state index < -0.39 is 0 Å². The third-order valence-corrected chi connectivity index (χ3v) is 4.20. The molecule has 0 aliphatic carbocycles. The first-order chi connectivity index (χ1) is 10.3. The molecule has 1 aromatic heterocycles. The zero-order valence-electron chi connectivity index (χ0n) is 13.0. The Labute approximate surface area is 127 Å². The maximum absolute atomic E-state index is 12.7. The minimum Gasteiger partial charge on any atom is -0.307 e. The Bertz CT molecular complexity index is 490. The number of carbonyl (C=O) groups is 1. The first kappa shape index (κ1) is 15.9. The lowest BCUT2D eigenvalue weighted by Gasteiger charge is -2.14. The molecule has 21 heavy (non-hydrogen) atoms. The van der Waals surface area contributed by atoms with Gasteiger partial charge in [0.1, 0.15) is 5.69 Å². The molecule has 1 aromatic rings. The number of unbranched alkanes of at least 4 members (excludes halogenated alkanes) is 3. The van der Waals surface area contributed by atoms with Crippen LogP contribution in [0.4, 0.5) is 0 Å². The molecular formula is C18H26N2O. The number of aromatic nitrogens is 1. The summed E-state index contributed by atoms with van der Waals surface area (Å²) >= 11 is 0. The number of nitrogens with one attached hydrogen (secondary N) is 1. The molecule has 0 spiro atoms. The molecule has 3 nitrogen and oxygen atoms in total. The smallest absolute Gasteiger partial charge is 0.198 e. The van der Waals surface area contributed by atoms with E-state index in [0.29, 0.717) is 5.69 Å². The van der Waals surface area contributed by atoms with Gasteiger partial charge in [0, 0.05) is 6.20 Å². The van der Waals surface area contributed by atoms with Crippen molar-refractivity contribution < 1.29 is 4.79 Å². The molecule has 0 radical (unpaired) electrons. The Morgan fingerprint density at radius 1 is 1.48 bits per heavy atom. The Morgan fingerprint density at radius 3 is 3.00 bits per heavy atom. The molecule has 1 aliphatic heterocycles. The van der Waals surface area contributed by atoms with E-state index in [-0.39, 0.29) is 11.8 Å². The number of pyridine rings is 1. The molecule has 0 aromatic carbocycles. The van der Waals surface area contributed by atoms with Gasteiger partial charge in [0.2, 0.25) is 0 Å². The van der Waals surface area contributed by atoms with Crippen LogP contribution in [0.3, 0.4) is 0 Å². The monoisotopic (exact) mass is 286 g/mol. The summed E-state index contributed by atoms with van der Waals surface area (Å²) in [6.07, 6.45) is 11.3. The van der Waals surface area contributed by atoms with Crippen LogP contribution in [-0.2, 0) is 6.42 Å². The number of hydrogen-bond donors (Lipinski definition) is 1. The van der Waals surface area contributed by atoms with E-state index in [1.807, 2.05) is 12.1 Å². The first-order valence-electron chi connectivity index (χ1n) is 8.15. The number of rotatable bonds is 8. The van der Waals surface area contributed by atoms with E-state index in [9.17, 15) is 4.79 Å². The van der Waals surface area contributed by atoms with E-state index in [2.05, 4.69) is 23.8 Å². The van der Waals surface area contributed by atoms with Crippen molar-refractivity contribution in [3.63, 3.8) is 0 Å². The van der Waals surface area contributed by atoms with Crippen LogP contribution in [0.1, 0.15) is 67.1 Å². The van der Waals surface area contributed by atoms with Crippen molar-refractivity contribution in [1.29, 1.82) is 0 Å². The lowest BCUT2D eigenvalue weighted by molar-refractivity contribution is 0.0946. The number of nitrogens with zero attached hydrogens (tertiary/aromatic N) is 1. The minimum atomic E-state index is -0.0491. The van der Waals surface area contributed by atoms with Gasteiger partial charge in [-0.25, -0.2) is 0 Å². The number of Topliss-reactive ketones (excluding diaryl/α,β-unsaturated/α-hetero) is 1. The highest BCUT2D eigenvalue weighted by molar-refractivity contribution is 6.00. The summed E-state index contributed by atoms with van der Waals surface area (Å²) in [5.41, 5.74) is 2.80. The Kier molecular flexibility index (Phi) is 6.12. The fourth-order valence-corrected chi connectivity index (χ4v) is 2.98. The van der Waals surface area contributed by atoms with Crippen LogP contribution in [0, 0.1) is 0 Å². The van der Waals surface area contributed by atoms with Crippen LogP contribution in [0.5, 0.6) is 0 Å². The van der Waals surface area contributed by atoms with Crippen LogP contribution in [-0.4, -0.2) is 23.4 Å². The van der Waals surface area contributed by atoms with Crippen molar-refractivity contribution >= 4 is 11.9 Å². The molecule has 114 valence electrons. The van der Waals surface area contributed by atoms with Gasteiger partial charge in [-0.1, -0.05) is 38.8 Å². The highest BCUT2D eigenvalue weighted by Crippen LogP contribution is 2.21. The molecule has 1 atom stereocenters. The SMILES string of the molecule is C=Cc1ccnc(C(=O)[C@@H]2CCCN2)c1CCCCCC. The van der Waals surface area contributed by atoms with Gasteiger partial charge in [-0.3, -0.25) is 9.78 Å². The Hall–Kier alpha value is -1.48. The fourth-order valence-electron chi connectivity index (χ4n) is 2.98.